The Morgan fingerprint density at radius 1 is 0.329 bits per heavy atom. The fourth-order valence-corrected chi connectivity index (χ4v) is 12.6. The molecule has 0 unspecified atom stereocenters. The zero-order valence-corrected chi connectivity index (χ0v) is 40.6. The summed E-state index contributed by atoms with van der Waals surface area (Å²) in [6, 6.07) is 85.2. The van der Waals surface area contributed by atoms with E-state index < -0.39 is 0 Å². The molecule has 0 spiro atoms. The number of nitrogens with zero attached hydrogens (tertiary/aromatic N) is 5. The van der Waals surface area contributed by atoms with Gasteiger partial charge >= 0.3 is 0 Å². The predicted octanol–water partition coefficient (Wildman–Crippen LogP) is 14.8. The summed E-state index contributed by atoms with van der Waals surface area (Å²) in [5.41, 5.74) is 17.1. The van der Waals surface area contributed by atoms with Crippen LogP contribution < -0.4 is 25.9 Å². The quantitative estimate of drug-likeness (QED) is 0.161. The van der Waals surface area contributed by atoms with Crippen molar-refractivity contribution < 1.29 is 9.47 Å². The summed E-state index contributed by atoms with van der Waals surface area (Å²) in [7, 11) is 0. The van der Waals surface area contributed by atoms with Gasteiger partial charge in [-0.3, -0.25) is 0 Å². The van der Waals surface area contributed by atoms with Gasteiger partial charge in [-0.1, -0.05) is 133 Å². The fraction of sp³-hybridized carbons (Fsp3) is 0. The lowest BCUT2D eigenvalue weighted by atomic mass is 9.34. The van der Waals surface area contributed by atoms with Crippen molar-refractivity contribution in [2.24, 2.45) is 0 Å². The highest BCUT2D eigenvalue weighted by Crippen LogP contribution is 2.44. The Kier molecular flexibility index (Phi) is 8.84. The smallest absolute Gasteiger partial charge is 0.260 e. The second kappa shape index (κ2) is 16.0. The second-order valence-corrected chi connectivity index (χ2v) is 19.8. The number of benzene rings is 11. The van der Waals surface area contributed by atoms with E-state index in [1.165, 1.54) is 0 Å². The first kappa shape index (κ1) is 42.0. The standard InChI is InChI=1S/C68H38BN5O2/c70-39-41-25-31-62(73-58-21-9-3-15-48(58)49-16-4-10-22-59(49)73)52(33-41)43-27-29-54-64(35-43)75-66-37-45(72-56-19-7-1-13-46(56)47-14-2-8-20-57(47)72)38-67-68(66)69(54)55-30-28-44(36-65(55)76-67)53-34-42(40-71)26-32-63(53)74-60-23-11-5-17-50(60)51-18-6-12-24-61(51)74/h1-38H. The molecule has 0 atom stereocenters. The molecule has 350 valence electrons. The van der Waals surface area contributed by atoms with Crippen LogP contribution in [-0.2, 0) is 0 Å². The van der Waals surface area contributed by atoms with Crippen molar-refractivity contribution in [2.75, 3.05) is 0 Å². The minimum absolute atomic E-state index is 0.253. The van der Waals surface area contributed by atoms with Gasteiger partial charge in [0.05, 0.1) is 73.4 Å². The molecule has 0 N–H and O–H groups in total. The van der Waals surface area contributed by atoms with Crippen LogP contribution in [0.25, 0.3) is 105 Å². The highest BCUT2D eigenvalue weighted by Gasteiger charge is 2.41. The molecule has 7 nitrogen and oxygen atoms in total. The molecule has 0 saturated carbocycles. The normalized spacial score (nSPS) is 12.4. The molecule has 14 aromatic rings. The molecular formula is C68H38BN5O2. The van der Waals surface area contributed by atoms with Crippen LogP contribution in [0.15, 0.2) is 231 Å². The lowest BCUT2D eigenvalue weighted by Gasteiger charge is -2.34. The van der Waals surface area contributed by atoms with Crippen molar-refractivity contribution in [3.8, 4) is 74.5 Å². The van der Waals surface area contributed by atoms with E-state index in [9.17, 15) is 10.5 Å². The van der Waals surface area contributed by atoms with Gasteiger partial charge in [-0.25, -0.2) is 0 Å². The number of nitriles is 2. The van der Waals surface area contributed by atoms with Gasteiger partial charge in [0.15, 0.2) is 0 Å². The Morgan fingerprint density at radius 2 is 0.671 bits per heavy atom. The number of rotatable bonds is 5. The van der Waals surface area contributed by atoms with Crippen LogP contribution in [0.4, 0.5) is 0 Å². The monoisotopic (exact) mass is 967 g/mol. The molecule has 3 aromatic heterocycles. The number of aromatic nitrogens is 3. The highest BCUT2D eigenvalue weighted by molar-refractivity contribution is 6.98. The van der Waals surface area contributed by atoms with Gasteiger partial charge in [0.1, 0.15) is 23.0 Å². The van der Waals surface area contributed by atoms with Gasteiger partial charge in [0.2, 0.25) is 0 Å². The number of para-hydroxylation sites is 6. The van der Waals surface area contributed by atoms with E-state index in [1.54, 1.807) is 0 Å². The second-order valence-electron chi connectivity index (χ2n) is 19.8. The molecule has 0 fully saturated rings. The van der Waals surface area contributed by atoms with Crippen molar-refractivity contribution in [3.05, 3.63) is 242 Å². The summed E-state index contributed by atoms with van der Waals surface area (Å²) in [6.07, 6.45) is 0. The molecule has 0 bridgehead atoms. The predicted molar refractivity (Wildman–Crippen MR) is 307 cm³/mol. The third-order valence-corrected chi connectivity index (χ3v) is 15.8. The molecular weight excluding hydrogens is 930 g/mol. The topological polar surface area (TPSA) is 80.8 Å². The van der Waals surface area contributed by atoms with Crippen molar-refractivity contribution >= 4 is 88.5 Å². The molecule has 2 aliphatic rings. The van der Waals surface area contributed by atoms with Crippen molar-refractivity contribution in [1.29, 1.82) is 10.5 Å². The number of hydrogen-bond donors (Lipinski definition) is 0. The molecule has 0 amide bonds. The van der Waals surface area contributed by atoms with Gasteiger partial charge in [0, 0.05) is 61.0 Å². The van der Waals surface area contributed by atoms with Crippen LogP contribution in [-0.4, -0.2) is 20.4 Å². The van der Waals surface area contributed by atoms with E-state index in [4.69, 9.17) is 9.47 Å². The Hall–Kier alpha value is -10.5. The van der Waals surface area contributed by atoms with Gasteiger partial charge in [0.25, 0.3) is 6.71 Å². The number of ether oxygens (including phenoxy) is 2. The Balaban J connectivity index is 0.915. The minimum atomic E-state index is -0.253. The zero-order valence-electron chi connectivity index (χ0n) is 40.6. The lowest BCUT2D eigenvalue weighted by molar-refractivity contribution is 0.464. The lowest BCUT2D eigenvalue weighted by Crippen LogP contribution is -2.57. The van der Waals surface area contributed by atoms with E-state index in [0.717, 1.165) is 133 Å². The van der Waals surface area contributed by atoms with Crippen LogP contribution in [0.3, 0.4) is 0 Å². The van der Waals surface area contributed by atoms with Crippen LogP contribution in [0.5, 0.6) is 23.0 Å². The molecule has 16 rings (SSSR count). The fourth-order valence-electron chi connectivity index (χ4n) is 12.6. The largest absolute Gasteiger partial charge is 0.458 e. The van der Waals surface area contributed by atoms with Crippen LogP contribution in [0, 0.1) is 22.7 Å². The highest BCUT2D eigenvalue weighted by atomic mass is 16.5. The molecule has 0 radical (unpaired) electrons. The maximum Gasteiger partial charge on any atom is 0.260 e. The maximum absolute atomic E-state index is 10.4. The van der Waals surface area contributed by atoms with E-state index >= 15 is 0 Å². The van der Waals surface area contributed by atoms with Crippen molar-refractivity contribution in [3.63, 3.8) is 0 Å². The van der Waals surface area contributed by atoms with Crippen LogP contribution >= 0.6 is 0 Å². The third kappa shape index (κ3) is 5.98. The number of hydrogen-bond acceptors (Lipinski definition) is 4. The van der Waals surface area contributed by atoms with Crippen LogP contribution in [0.2, 0.25) is 0 Å². The molecule has 8 heteroatoms. The van der Waals surface area contributed by atoms with E-state index in [0.29, 0.717) is 22.6 Å². The third-order valence-electron chi connectivity index (χ3n) is 15.8. The number of fused-ring (bicyclic) bond motifs is 13. The summed E-state index contributed by atoms with van der Waals surface area (Å²) in [6.45, 7) is -0.253. The first-order valence-electron chi connectivity index (χ1n) is 25.5. The summed E-state index contributed by atoms with van der Waals surface area (Å²) in [5.74, 6) is 2.87. The molecule has 11 aromatic carbocycles. The minimum Gasteiger partial charge on any atom is -0.458 e. The summed E-state index contributed by atoms with van der Waals surface area (Å²) in [4.78, 5) is 0. The first-order valence-corrected chi connectivity index (χ1v) is 25.5. The van der Waals surface area contributed by atoms with Crippen molar-refractivity contribution in [1.82, 2.24) is 13.7 Å². The van der Waals surface area contributed by atoms with Crippen LogP contribution in [0.1, 0.15) is 11.1 Å². The van der Waals surface area contributed by atoms with Gasteiger partial charge in [-0.15, -0.1) is 0 Å². The molecule has 76 heavy (non-hydrogen) atoms. The first-order chi connectivity index (χ1) is 37.6. The molecule has 0 aliphatic carbocycles. The Morgan fingerprint density at radius 3 is 1.03 bits per heavy atom. The van der Waals surface area contributed by atoms with Gasteiger partial charge < -0.3 is 23.2 Å². The van der Waals surface area contributed by atoms with Crippen molar-refractivity contribution in [2.45, 2.75) is 0 Å². The van der Waals surface area contributed by atoms with Gasteiger partial charge in [-0.05, 0) is 107 Å². The average molecular weight is 968 g/mol. The Bertz CT molecular complexity index is 4540. The van der Waals surface area contributed by atoms with E-state index in [2.05, 4.69) is 232 Å². The molecule has 0 saturated heterocycles. The average Bonchev–Trinajstić information content (AvgIpc) is 4.12. The SMILES string of the molecule is N#Cc1ccc(-n2c3ccccc3c3ccccc32)c(-c2ccc3c(c2)Oc2cc(-n4c5ccccc5c5ccccc54)cc4c2B3c2ccc(-c3cc(C#N)ccc3-n3c5ccccc5c5ccccc53)cc2O4)c1. The Labute approximate surface area is 436 Å². The summed E-state index contributed by atoms with van der Waals surface area (Å²) < 4.78 is 21.4. The van der Waals surface area contributed by atoms with Gasteiger partial charge in [-0.2, -0.15) is 10.5 Å². The summed E-state index contributed by atoms with van der Waals surface area (Å²) >= 11 is 0. The molecule has 5 heterocycles. The zero-order chi connectivity index (χ0) is 50.2. The van der Waals surface area contributed by atoms with E-state index in [-0.39, 0.29) is 6.71 Å². The summed E-state index contributed by atoms with van der Waals surface area (Å²) in [5, 5.41) is 27.7. The van der Waals surface area contributed by atoms with E-state index in [1.807, 2.05) is 24.3 Å². The maximum atomic E-state index is 10.4. The molecule has 2 aliphatic heterocycles.